The number of aryl methyl sites for hydroxylation is 1. The molecule has 102 valence electrons. The fourth-order valence-electron chi connectivity index (χ4n) is 3.18. The molecule has 3 nitrogen and oxygen atoms in total. The van der Waals surface area contributed by atoms with Crippen LogP contribution in [0.25, 0.3) is 10.9 Å². The maximum Gasteiger partial charge on any atom is 0.0713 e. The molecule has 0 radical (unpaired) electrons. The van der Waals surface area contributed by atoms with Gasteiger partial charge in [-0.15, -0.1) is 0 Å². The van der Waals surface area contributed by atoms with E-state index in [1.165, 1.54) is 55.4 Å². The Kier molecular flexibility index (Phi) is 3.47. The topological polar surface area (TPSA) is 34.2 Å². The summed E-state index contributed by atoms with van der Waals surface area (Å²) in [5.41, 5.74) is 9.51. The molecule has 2 heterocycles. The molecular formula is C16H23N3. The van der Waals surface area contributed by atoms with E-state index in [1.807, 2.05) is 12.1 Å². The second-order valence-electron chi connectivity index (χ2n) is 5.67. The van der Waals surface area contributed by atoms with E-state index in [1.54, 1.807) is 0 Å². The molecule has 0 unspecified atom stereocenters. The fraction of sp³-hybridized carbons (Fsp3) is 0.500. The highest BCUT2D eigenvalue weighted by atomic mass is 15.1. The summed E-state index contributed by atoms with van der Waals surface area (Å²) in [7, 11) is 2.13. The molecule has 1 aromatic carbocycles. The van der Waals surface area contributed by atoms with Crippen LogP contribution < -0.4 is 5.73 Å². The Bertz CT molecular complexity index is 563. The van der Waals surface area contributed by atoms with Crippen molar-refractivity contribution in [2.45, 2.75) is 32.2 Å². The molecule has 19 heavy (non-hydrogen) atoms. The van der Waals surface area contributed by atoms with Crippen molar-refractivity contribution in [2.24, 2.45) is 7.05 Å². The standard InChI is InChI=1S/C16H23N3/c1-18-14(12-19-9-4-2-3-5-10-19)11-13-7-6-8-15(17)16(13)18/h6-8,11H,2-5,9-10,12,17H2,1H3. The van der Waals surface area contributed by atoms with Gasteiger partial charge in [0.25, 0.3) is 0 Å². The average molecular weight is 257 g/mol. The van der Waals surface area contributed by atoms with Crippen LogP contribution in [0.5, 0.6) is 0 Å². The molecule has 1 fully saturated rings. The molecule has 1 aliphatic rings. The number of aromatic nitrogens is 1. The van der Waals surface area contributed by atoms with Crippen LogP contribution in [0.4, 0.5) is 5.69 Å². The van der Waals surface area contributed by atoms with Crippen molar-refractivity contribution in [3.05, 3.63) is 30.0 Å². The SMILES string of the molecule is Cn1c(CN2CCCCCC2)cc2cccc(N)c21. The lowest BCUT2D eigenvalue weighted by Gasteiger charge is -2.20. The van der Waals surface area contributed by atoms with Gasteiger partial charge in [0.1, 0.15) is 0 Å². The molecule has 0 atom stereocenters. The maximum atomic E-state index is 6.09. The Morgan fingerprint density at radius 2 is 1.84 bits per heavy atom. The molecule has 0 amide bonds. The summed E-state index contributed by atoms with van der Waals surface area (Å²) in [5.74, 6) is 0. The third-order valence-electron chi connectivity index (χ3n) is 4.27. The largest absolute Gasteiger partial charge is 0.397 e. The first-order valence-corrected chi connectivity index (χ1v) is 7.31. The van der Waals surface area contributed by atoms with Crippen molar-refractivity contribution in [2.75, 3.05) is 18.8 Å². The third-order valence-corrected chi connectivity index (χ3v) is 4.27. The first-order valence-electron chi connectivity index (χ1n) is 7.31. The number of hydrogen-bond acceptors (Lipinski definition) is 2. The molecule has 3 heteroatoms. The molecular weight excluding hydrogens is 234 g/mol. The normalized spacial score (nSPS) is 17.7. The molecule has 0 aliphatic carbocycles. The highest BCUT2D eigenvalue weighted by molar-refractivity contribution is 5.91. The number of nitrogens with zero attached hydrogens (tertiary/aromatic N) is 2. The van der Waals surface area contributed by atoms with Crippen LogP contribution >= 0.6 is 0 Å². The smallest absolute Gasteiger partial charge is 0.0713 e. The second kappa shape index (κ2) is 5.25. The van der Waals surface area contributed by atoms with Gasteiger partial charge in [-0.3, -0.25) is 4.90 Å². The van der Waals surface area contributed by atoms with E-state index in [0.29, 0.717) is 0 Å². The van der Waals surface area contributed by atoms with Gasteiger partial charge in [-0.1, -0.05) is 25.0 Å². The molecule has 1 saturated heterocycles. The summed E-state index contributed by atoms with van der Waals surface area (Å²) >= 11 is 0. The number of para-hydroxylation sites is 1. The zero-order valence-electron chi connectivity index (χ0n) is 11.7. The van der Waals surface area contributed by atoms with Crippen molar-refractivity contribution in [3.8, 4) is 0 Å². The van der Waals surface area contributed by atoms with Crippen molar-refractivity contribution >= 4 is 16.6 Å². The zero-order valence-corrected chi connectivity index (χ0v) is 11.7. The van der Waals surface area contributed by atoms with E-state index >= 15 is 0 Å². The number of benzene rings is 1. The van der Waals surface area contributed by atoms with Crippen molar-refractivity contribution in [1.82, 2.24) is 9.47 Å². The molecule has 2 aromatic rings. The van der Waals surface area contributed by atoms with Crippen LogP contribution in [0, 0.1) is 0 Å². The average Bonchev–Trinajstić information content (AvgIpc) is 2.59. The summed E-state index contributed by atoms with van der Waals surface area (Å²) in [6, 6.07) is 8.46. The summed E-state index contributed by atoms with van der Waals surface area (Å²) in [4.78, 5) is 2.58. The van der Waals surface area contributed by atoms with E-state index < -0.39 is 0 Å². The molecule has 0 saturated carbocycles. The summed E-state index contributed by atoms with van der Waals surface area (Å²) in [6.45, 7) is 3.51. The van der Waals surface area contributed by atoms with Crippen molar-refractivity contribution in [1.29, 1.82) is 0 Å². The monoisotopic (exact) mass is 257 g/mol. The van der Waals surface area contributed by atoms with E-state index in [0.717, 1.165) is 12.2 Å². The zero-order chi connectivity index (χ0) is 13.2. The lowest BCUT2D eigenvalue weighted by molar-refractivity contribution is 0.271. The molecule has 3 rings (SSSR count). The van der Waals surface area contributed by atoms with Crippen LogP contribution in [0.2, 0.25) is 0 Å². The van der Waals surface area contributed by atoms with Gasteiger partial charge in [-0.25, -0.2) is 0 Å². The van der Waals surface area contributed by atoms with E-state index in [4.69, 9.17) is 5.73 Å². The van der Waals surface area contributed by atoms with Crippen molar-refractivity contribution < 1.29 is 0 Å². The quantitative estimate of drug-likeness (QED) is 0.839. The van der Waals surface area contributed by atoms with Crippen LogP contribution in [0.15, 0.2) is 24.3 Å². The number of nitrogens with two attached hydrogens (primary N) is 1. The molecule has 1 aliphatic heterocycles. The predicted molar refractivity (Wildman–Crippen MR) is 81.1 cm³/mol. The van der Waals surface area contributed by atoms with Gasteiger partial charge in [0.15, 0.2) is 0 Å². The first kappa shape index (κ1) is 12.5. The van der Waals surface area contributed by atoms with Crippen LogP contribution in [-0.4, -0.2) is 22.6 Å². The Morgan fingerprint density at radius 1 is 1.11 bits per heavy atom. The first-order chi connectivity index (χ1) is 9.25. The third kappa shape index (κ3) is 2.47. The predicted octanol–water partition coefficient (Wildman–Crippen LogP) is 3.14. The van der Waals surface area contributed by atoms with Gasteiger partial charge in [-0.2, -0.15) is 0 Å². The number of rotatable bonds is 2. The summed E-state index contributed by atoms with van der Waals surface area (Å²) in [5, 5.41) is 1.26. The van der Waals surface area contributed by atoms with Gasteiger partial charge in [0.05, 0.1) is 11.2 Å². The minimum Gasteiger partial charge on any atom is -0.397 e. The molecule has 1 aromatic heterocycles. The number of anilines is 1. The second-order valence-corrected chi connectivity index (χ2v) is 5.67. The van der Waals surface area contributed by atoms with Gasteiger partial charge in [0, 0.05) is 24.7 Å². The fourth-order valence-corrected chi connectivity index (χ4v) is 3.18. The Hall–Kier alpha value is -1.48. The highest BCUT2D eigenvalue weighted by Crippen LogP contribution is 2.25. The summed E-state index contributed by atoms with van der Waals surface area (Å²) < 4.78 is 2.26. The van der Waals surface area contributed by atoms with Gasteiger partial charge >= 0.3 is 0 Å². The molecule has 0 bridgehead atoms. The van der Waals surface area contributed by atoms with Crippen LogP contribution in [0.3, 0.4) is 0 Å². The minimum absolute atomic E-state index is 0.877. The van der Waals surface area contributed by atoms with Crippen LogP contribution in [0.1, 0.15) is 31.4 Å². The Balaban J connectivity index is 1.88. The highest BCUT2D eigenvalue weighted by Gasteiger charge is 2.13. The molecule has 0 spiro atoms. The lowest BCUT2D eigenvalue weighted by atomic mass is 10.2. The number of nitrogen functional groups attached to an aromatic ring is 1. The maximum absolute atomic E-state index is 6.09. The van der Waals surface area contributed by atoms with E-state index in [2.05, 4.69) is 28.6 Å². The molecule has 2 N–H and O–H groups in total. The van der Waals surface area contributed by atoms with Gasteiger partial charge in [-0.05, 0) is 38.1 Å². The van der Waals surface area contributed by atoms with Crippen LogP contribution in [-0.2, 0) is 13.6 Å². The Labute approximate surface area is 115 Å². The van der Waals surface area contributed by atoms with E-state index in [9.17, 15) is 0 Å². The summed E-state index contributed by atoms with van der Waals surface area (Å²) in [6.07, 6.45) is 5.45. The van der Waals surface area contributed by atoms with Gasteiger partial charge < -0.3 is 10.3 Å². The minimum atomic E-state index is 0.877. The lowest BCUT2D eigenvalue weighted by Crippen LogP contribution is -2.25. The van der Waals surface area contributed by atoms with Crippen molar-refractivity contribution in [3.63, 3.8) is 0 Å². The van der Waals surface area contributed by atoms with E-state index in [-0.39, 0.29) is 0 Å². The number of fused-ring (bicyclic) bond motifs is 1. The van der Waals surface area contributed by atoms with Gasteiger partial charge in [0.2, 0.25) is 0 Å². The Morgan fingerprint density at radius 3 is 2.53 bits per heavy atom. The number of hydrogen-bond donors (Lipinski definition) is 1. The number of likely N-dealkylation sites (tertiary alicyclic amines) is 1.